The number of hydrogen-bond donors (Lipinski definition) is 1. The van der Waals surface area contributed by atoms with Crippen LogP contribution in [0.2, 0.25) is 0 Å². The third-order valence-electron chi connectivity index (χ3n) is 3.52. The van der Waals surface area contributed by atoms with E-state index in [2.05, 4.69) is 0 Å². The van der Waals surface area contributed by atoms with Crippen molar-refractivity contribution in [2.75, 3.05) is 0 Å². The molecule has 22 heavy (non-hydrogen) atoms. The summed E-state index contributed by atoms with van der Waals surface area (Å²) in [6.45, 7) is 1.65. The van der Waals surface area contributed by atoms with Crippen LogP contribution in [0, 0.1) is 0 Å². The highest BCUT2D eigenvalue weighted by Gasteiger charge is 2.23. The maximum atomic E-state index is 13.0. The van der Waals surface area contributed by atoms with Crippen LogP contribution < -0.4 is 0 Å². The number of aliphatic hydroxyl groups is 1. The van der Waals surface area contributed by atoms with Gasteiger partial charge in [-0.25, -0.2) is 12.4 Å². The molecular formula is C17H17NO3S. The summed E-state index contributed by atoms with van der Waals surface area (Å²) < 4.78 is 27.3. The number of nitrogens with zero attached hydrogens (tertiary/aromatic N) is 1. The quantitative estimate of drug-likeness (QED) is 0.805. The Kier molecular flexibility index (Phi) is 3.76. The number of aliphatic hydroxyl groups excluding tert-OH is 1. The zero-order valence-corrected chi connectivity index (χ0v) is 13.0. The largest absolute Gasteiger partial charge is 0.393 e. The second-order valence-electron chi connectivity index (χ2n) is 5.33. The number of fused-ring (bicyclic) bond motifs is 1. The van der Waals surface area contributed by atoms with E-state index in [9.17, 15) is 13.5 Å². The van der Waals surface area contributed by atoms with Crippen LogP contribution >= 0.6 is 0 Å². The molecule has 0 bridgehead atoms. The number of rotatable bonds is 4. The normalized spacial score (nSPS) is 13.4. The highest BCUT2D eigenvalue weighted by atomic mass is 32.2. The standard InChI is InChI=1S/C17H17NO3S/c1-13(19)11-15-12-14-7-5-6-10-17(14)18(15)22(20,21)16-8-3-2-4-9-16/h2-10,12-13,19H,11H2,1H3. The molecule has 0 amide bonds. The lowest BCUT2D eigenvalue weighted by atomic mass is 10.2. The first-order chi connectivity index (χ1) is 10.5. The first-order valence-corrected chi connectivity index (χ1v) is 8.52. The second kappa shape index (κ2) is 5.59. The Bertz CT molecular complexity index is 896. The lowest BCUT2D eigenvalue weighted by Crippen LogP contribution is -2.18. The van der Waals surface area contributed by atoms with E-state index in [-0.39, 0.29) is 11.3 Å². The van der Waals surface area contributed by atoms with E-state index in [1.807, 2.05) is 24.3 Å². The van der Waals surface area contributed by atoms with E-state index in [1.165, 1.54) is 3.97 Å². The Morgan fingerprint density at radius 1 is 1.05 bits per heavy atom. The molecule has 0 aliphatic carbocycles. The summed E-state index contributed by atoms with van der Waals surface area (Å²) in [5.74, 6) is 0. The third kappa shape index (κ3) is 2.53. The second-order valence-corrected chi connectivity index (χ2v) is 7.12. The van der Waals surface area contributed by atoms with Gasteiger partial charge in [-0.15, -0.1) is 0 Å². The fourth-order valence-corrected chi connectivity index (χ4v) is 4.19. The third-order valence-corrected chi connectivity index (χ3v) is 5.30. The highest BCUT2D eigenvalue weighted by Crippen LogP contribution is 2.26. The van der Waals surface area contributed by atoms with E-state index in [4.69, 9.17) is 0 Å². The monoisotopic (exact) mass is 315 g/mol. The molecule has 0 fully saturated rings. The van der Waals surface area contributed by atoms with Gasteiger partial charge in [-0.3, -0.25) is 0 Å². The molecule has 4 nitrogen and oxygen atoms in total. The molecule has 1 N–H and O–H groups in total. The predicted octanol–water partition coefficient (Wildman–Crippen LogP) is 2.80. The summed E-state index contributed by atoms with van der Waals surface area (Å²) in [5.41, 5.74) is 1.21. The van der Waals surface area contributed by atoms with Gasteiger partial charge in [0.1, 0.15) is 0 Å². The lowest BCUT2D eigenvalue weighted by Gasteiger charge is -2.13. The average Bonchev–Trinajstić information content (AvgIpc) is 2.85. The summed E-state index contributed by atoms with van der Waals surface area (Å²) in [6.07, 6.45) is -0.338. The van der Waals surface area contributed by atoms with Crippen LogP contribution in [0.5, 0.6) is 0 Å². The fraction of sp³-hybridized carbons (Fsp3) is 0.176. The van der Waals surface area contributed by atoms with Gasteiger partial charge in [0, 0.05) is 17.5 Å². The summed E-state index contributed by atoms with van der Waals surface area (Å²) in [7, 11) is -3.69. The zero-order chi connectivity index (χ0) is 15.7. The van der Waals surface area contributed by atoms with Crippen molar-refractivity contribution in [2.24, 2.45) is 0 Å². The molecule has 1 heterocycles. The van der Waals surface area contributed by atoms with Crippen molar-refractivity contribution in [3.05, 3.63) is 66.4 Å². The molecule has 3 rings (SSSR count). The van der Waals surface area contributed by atoms with Crippen LogP contribution in [0.3, 0.4) is 0 Å². The number of aromatic nitrogens is 1. The molecular weight excluding hydrogens is 298 g/mol. The highest BCUT2D eigenvalue weighted by molar-refractivity contribution is 7.90. The maximum Gasteiger partial charge on any atom is 0.268 e. The van der Waals surface area contributed by atoms with E-state index < -0.39 is 16.1 Å². The molecule has 0 saturated heterocycles. The maximum absolute atomic E-state index is 13.0. The van der Waals surface area contributed by atoms with E-state index >= 15 is 0 Å². The number of hydrogen-bond acceptors (Lipinski definition) is 3. The van der Waals surface area contributed by atoms with Crippen LogP contribution in [-0.4, -0.2) is 23.6 Å². The van der Waals surface area contributed by atoms with Gasteiger partial charge in [-0.05, 0) is 31.2 Å². The molecule has 5 heteroatoms. The Hall–Kier alpha value is -2.11. The Balaban J connectivity index is 2.29. The van der Waals surface area contributed by atoms with Gasteiger partial charge in [0.25, 0.3) is 10.0 Å². The number of benzene rings is 2. The topological polar surface area (TPSA) is 59.3 Å². The molecule has 2 aromatic carbocycles. The molecule has 0 radical (unpaired) electrons. The Morgan fingerprint density at radius 2 is 1.68 bits per heavy atom. The first-order valence-electron chi connectivity index (χ1n) is 7.08. The SMILES string of the molecule is CC(O)Cc1cc2ccccc2n1S(=O)(=O)c1ccccc1. The Morgan fingerprint density at radius 3 is 2.36 bits per heavy atom. The molecule has 0 aliphatic heterocycles. The van der Waals surface area contributed by atoms with Crippen molar-refractivity contribution in [3.63, 3.8) is 0 Å². The van der Waals surface area contributed by atoms with Gasteiger partial charge in [-0.1, -0.05) is 36.4 Å². The van der Waals surface area contributed by atoms with E-state index in [1.54, 1.807) is 43.3 Å². The number of para-hydroxylation sites is 1. The minimum Gasteiger partial charge on any atom is -0.393 e. The van der Waals surface area contributed by atoms with E-state index in [0.29, 0.717) is 11.2 Å². The molecule has 1 atom stereocenters. The van der Waals surface area contributed by atoms with E-state index in [0.717, 1.165) is 5.39 Å². The van der Waals surface area contributed by atoms with Crippen molar-refractivity contribution in [2.45, 2.75) is 24.3 Å². The summed E-state index contributed by atoms with van der Waals surface area (Å²) >= 11 is 0. The van der Waals surface area contributed by atoms with Crippen LogP contribution in [0.15, 0.2) is 65.6 Å². The molecule has 0 spiro atoms. The van der Waals surface area contributed by atoms with Gasteiger partial charge in [0.15, 0.2) is 0 Å². The summed E-state index contributed by atoms with van der Waals surface area (Å²) in [4.78, 5) is 0.239. The predicted molar refractivity (Wildman–Crippen MR) is 86.3 cm³/mol. The summed E-state index contributed by atoms with van der Waals surface area (Å²) in [5, 5.41) is 10.5. The van der Waals surface area contributed by atoms with Crippen molar-refractivity contribution < 1.29 is 13.5 Å². The van der Waals surface area contributed by atoms with Crippen LogP contribution in [0.4, 0.5) is 0 Å². The minimum atomic E-state index is -3.69. The van der Waals surface area contributed by atoms with Gasteiger partial charge in [0.05, 0.1) is 16.5 Å². The van der Waals surface area contributed by atoms with Gasteiger partial charge in [0.2, 0.25) is 0 Å². The van der Waals surface area contributed by atoms with Crippen LogP contribution in [0.1, 0.15) is 12.6 Å². The van der Waals surface area contributed by atoms with Crippen molar-refractivity contribution in [1.82, 2.24) is 3.97 Å². The van der Waals surface area contributed by atoms with Crippen molar-refractivity contribution in [1.29, 1.82) is 0 Å². The molecule has 3 aromatic rings. The van der Waals surface area contributed by atoms with Crippen molar-refractivity contribution in [3.8, 4) is 0 Å². The molecule has 0 aliphatic rings. The van der Waals surface area contributed by atoms with Gasteiger partial charge >= 0.3 is 0 Å². The zero-order valence-electron chi connectivity index (χ0n) is 12.2. The summed E-state index contributed by atoms with van der Waals surface area (Å²) in [6, 6.07) is 17.5. The fourth-order valence-electron chi connectivity index (χ4n) is 2.61. The van der Waals surface area contributed by atoms with Crippen molar-refractivity contribution >= 4 is 20.9 Å². The Labute approximate surface area is 129 Å². The molecule has 1 aromatic heterocycles. The van der Waals surface area contributed by atoms with Gasteiger partial charge in [-0.2, -0.15) is 0 Å². The first kappa shape index (κ1) is 14.8. The van der Waals surface area contributed by atoms with Crippen LogP contribution in [0.25, 0.3) is 10.9 Å². The minimum absolute atomic E-state index is 0.239. The average molecular weight is 315 g/mol. The molecule has 1 unspecified atom stereocenters. The molecule has 0 saturated carbocycles. The smallest absolute Gasteiger partial charge is 0.268 e. The van der Waals surface area contributed by atoms with Gasteiger partial charge < -0.3 is 5.11 Å². The molecule has 114 valence electrons. The van der Waals surface area contributed by atoms with Crippen LogP contribution in [-0.2, 0) is 16.4 Å². The lowest BCUT2D eigenvalue weighted by molar-refractivity contribution is 0.194.